The maximum atomic E-state index is 2.54. The molecule has 2 unspecified atom stereocenters. The second-order valence-corrected chi connectivity index (χ2v) is 17.5. The lowest BCUT2D eigenvalue weighted by molar-refractivity contribution is 0.660. The van der Waals surface area contributed by atoms with Crippen LogP contribution >= 0.6 is 11.8 Å². The van der Waals surface area contributed by atoms with Gasteiger partial charge in [0.15, 0.2) is 0 Å². The maximum absolute atomic E-state index is 2.54. The van der Waals surface area contributed by atoms with Crippen molar-refractivity contribution in [2.75, 3.05) is 4.90 Å². The standard InChI is InChI=1S/C55H43NS/c1-55(2)50-24-10-8-20-46(50)47-33-31-42(35-51(47)55)56(40-29-26-37(27-30-40)45-22-13-23-49-48-21-9-11-25-52(48)57-54(45)49)41-18-12-17-39(34-41)44-32-28-36-14-6-7-19-43(36)53(44)38-15-4-3-5-16-38/h3-26,28-29,31-35,48,52H,27,30H2,1-2H3. The van der Waals surface area contributed by atoms with E-state index in [0.29, 0.717) is 11.2 Å². The number of anilines is 2. The van der Waals surface area contributed by atoms with Crippen molar-refractivity contribution in [2.24, 2.45) is 0 Å². The van der Waals surface area contributed by atoms with E-state index >= 15 is 0 Å². The molecule has 0 amide bonds. The third-order valence-electron chi connectivity index (χ3n) is 12.7. The Hall–Kier alpha value is -6.09. The summed E-state index contributed by atoms with van der Waals surface area (Å²) in [5.74, 6) is 0.466. The van der Waals surface area contributed by atoms with Crippen molar-refractivity contribution in [1.82, 2.24) is 0 Å². The van der Waals surface area contributed by atoms with Gasteiger partial charge in [0.25, 0.3) is 0 Å². The highest BCUT2D eigenvalue weighted by Gasteiger charge is 2.36. The lowest BCUT2D eigenvalue weighted by Gasteiger charge is -2.32. The fraction of sp³-hybridized carbons (Fsp3) is 0.127. The first-order chi connectivity index (χ1) is 28.0. The molecule has 2 heteroatoms. The van der Waals surface area contributed by atoms with Crippen molar-refractivity contribution in [2.45, 2.75) is 48.2 Å². The summed E-state index contributed by atoms with van der Waals surface area (Å²) in [6, 6.07) is 56.5. The molecule has 0 N–H and O–H groups in total. The summed E-state index contributed by atoms with van der Waals surface area (Å²) in [5, 5.41) is 3.02. The fourth-order valence-electron chi connectivity index (χ4n) is 9.91. The monoisotopic (exact) mass is 749 g/mol. The van der Waals surface area contributed by atoms with E-state index in [1.54, 1.807) is 0 Å². The van der Waals surface area contributed by atoms with E-state index in [2.05, 4.69) is 207 Å². The first kappa shape index (κ1) is 34.2. The van der Waals surface area contributed by atoms with Crippen LogP contribution in [0.3, 0.4) is 0 Å². The van der Waals surface area contributed by atoms with Crippen molar-refractivity contribution in [3.63, 3.8) is 0 Å². The smallest absolute Gasteiger partial charge is 0.0464 e. The van der Waals surface area contributed by atoms with E-state index in [1.165, 1.54) is 93.9 Å². The Kier molecular flexibility index (Phi) is 8.12. The predicted octanol–water partition coefficient (Wildman–Crippen LogP) is 15.1. The largest absolute Gasteiger partial charge is 0.314 e. The molecule has 0 fully saturated rings. The fourth-order valence-corrected chi connectivity index (χ4v) is 11.4. The number of benzene rings is 7. The molecule has 7 aromatic carbocycles. The Morgan fingerprint density at radius 1 is 0.561 bits per heavy atom. The number of hydrogen-bond acceptors (Lipinski definition) is 2. The molecule has 0 spiro atoms. The van der Waals surface area contributed by atoms with Crippen LogP contribution in [0.25, 0.3) is 49.7 Å². The lowest BCUT2D eigenvalue weighted by atomic mass is 9.82. The Morgan fingerprint density at radius 2 is 1.30 bits per heavy atom. The van der Waals surface area contributed by atoms with Crippen LogP contribution in [-0.4, -0.2) is 5.25 Å². The highest BCUT2D eigenvalue weighted by atomic mass is 32.2. The normalized spacial score (nSPS) is 18.4. The predicted molar refractivity (Wildman–Crippen MR) is 243 cm³/mol. The molecular formula is C55H43NS. The molecule has 3 aliphatic carbocycles. The average molecular weight is 750 g/mol. The van der Waals surface area contributed by atoms with Crippen molar-refractivity contribution >= 4 is 39.5 Å². The average Bonchev–Trinajstić information content (AvgIpc) is 3.76. The van der Waals surface area contributed by atoms with Gasteiger partial charge in [0, 0.05) is 38.6 Å². The van der Waals surface area contributed by atoms with E-state index < -0.39 is 0 Å². The molecule has 0 bridgehead atoms. The number of thioether (sulfide) groups is 1. The molecule has 0 saturated carbocycles. The number of rotatable bonds is 6. The van der Waals surface area contributed by atoms with Crippen LogP contribution in [0.4, 0.5) is 11.4 Å². The minimum atomic E-state index is -0.0912. The van der Waals surface area contributed by atoms with Gasteiger partial charge in [-0.25, -0.2) is 0 Å². The van der Waals surface area contributed by atoms with Crippen molar-refractivity contribution in [3.05, 3.63) is 216 Å². The molecule has 2 atom stereocenters. The zero-order valence-electron chi connectivity index (χ0n) is 32.3. The molecule has 0 saturated heterocycles. The number of fused-ring (bicyclic) bond motifs is 7. The van der Waals surface area contributed by atoms with Crippen molar-refractivity contribution < 1.29 is 0 Å². The van der Waals surface area contributed by atoms with Crippen LogP contribution in [0, 0.1) is 0 Å². The minimum absolute atomic E-state index is 0.0912. The summed E-state index contributed by atoms with van der Waals surface area (Å²) in [6.45, 7) is 4.76. The summed E-state index contributed by atoms with van der Waals surface area (Å²) in [7, 11) is 0. The molecule has 1 heterocycles. The summed E-state index contributed by atoms with van der Waals surface area (Å²) >= 11 is 2.04. The molecule has 274 valence electrons. The van der Waals surface area contributed by atoms with Gasteiger partial charge in [0.05, 0.1) is 0 Å². The van der Waals surface area contributed by atoms with E-state index in [4.69, 9.17) is 0 Å². The van der Waals surface area contributed by atoms with E-state index in [0.717, 1.165) is 12.8 Å². The van der Waals surface area contributed by atoms with Gasteiger partial charge in [0.2, 0.25) is 0 Å². The van der Waals surface area contributed by atoms with Gasteiger partial charge in [-0.15, -0.1) is 11.8 Å². The van der Waals surface area contributed by atoms with Crippen molar-refractivity contribution in [1.29, 1.82) is 0 Å². The minimum Gasteiger partial charge on any atom is -0.314 e. The van der Waals surface area contributed by atoms with Crippen LogP contribution in [0.2, 0.25) is 0 Å². The Bertz CT molecular complexity index is 2870. The van der Waals surface area contributed by atoms with Crippen LogP contribution in [-0.2, 0) is 5.41 Å². The number of nitrogens with zero attached hydrogens (tertiary/aromatic N) is 1. The van der Waals surface area contributed by atoms with Gasteiger partial charge < -0.3 is 4.90 Å². The molecule has 1 aliphatic heterocycles. The number of allylic oxidation sites excluding steroid dienone is 7. The molecule has 0 radical (unpaired) electrons. The Morgan fingerprint density at radius 3 is 2.19 bits per heavy atom. The molecule has 1 nitrogen and oxygen atoms in total. The summed E-state index contributed by atoms with van der Waals surface area (Å²) < 4.78 is 0. The van der Waals surface area contributed by atoms with Gasteiger partial charge in [-0.2, -0.15) is 0 Å². The highest BCUT2D eigenvalue weighted by molar-refractivity contribution is 8.00. The maximum Gasteiger partial charge on any atom is 0.0464 e. The van der Waals surface area contributed by atoms with Gasteiger partial charge in [-0.05, 0) is 115 Å². The summed E-state index contributed by atoms with van der Waals surface area (Å²) in [5.41, 5.74) is 18.4. The zero-order valence-corrected chi connectivity index (χ0v) is 33.1. The SMILES string of the molecule is CC1(C)c2ccccc2-c2ccc(N(C3=CC=C(c4cccc5c4SC4C=CC=CC54)CC3)c3cccc(-c4ccc5ccccc5c4-c4ccccc4)c3)cc21. The van der Waals surface area contributed by atoms with Gasteiger partial charge in [-0.1, -0.05) is 172 Å². The van der Waals surface area contributed by atoms with Gasteiger partial charge in [-0.3, -0.25) is 0 Å². The van der Waals surface area contributed by atoms with Crippen molar-refractivity contribution in [3.8, 4) is 33.4 Å². The first-order valence-electron chi connectivity index (χ1n) is 20.3. The Balaban J connectivity index is 1.05. The third kappa shape index (κ3) is 5.61. The second kappa shape index (κ2) is 13.5. The molecule has 7 aromatic rings. The van der Waals surface area contributed by atoms with Gasteiger partial charge in [0.1, 0.15) is 0 Å². The molecule has 57 heavy (non-hydrogen) atoms. The molecule has 11 rings (SSSR count). The summed E-state index contributed by atoms with van der Waals surface area (Å²) in [4.78, 5) is 4.00. The van der Waals surface area contributed by atoms with Crippen LogP contribution in [0.1, 0.15) is 54.9 Å². The third-order valence-corrected chi connectivity index (χ3v) is 14.1. The summed E-state index contributed by atoms with van der Waals surface area (Å²) in [6.07, 6.45) is 15.9. The zero-order chi connectivity index (χ0) is 38.1. The molecule has 4 aliphatic rings. The van der Waals surface area contributed by atoms with E-state index in [-0.39, 0.29) is 5.41 Å². The van der Waals surface area contributed by atoms with Crippen LogP contribution in [0.15, 0.2) is 199 Å². The van der Waals surface area contributed by atoms with Crippen LogP contribution < -0.4 is 4.90 Å². The quantitative estimate of drug-likeness (QED) is 0.167. The highest BCUT2D eigenvalue weighted by Crippen LogP contribution is 2.53. The number of hydrogen-bond donors (Lipinski definition) is 0. The second-order valence-electron chi connectivity index (χ2n) is 16.3. The topological polar surface area (TPSA) is 3.24 Å². The van der Waals surface area contributed by atoms with Gasteiger partial charge >= 0.3 is 0 Å². The molecular weight excluding hydrogens is 707 g/mol. The molecule has 0 aromatic heterocycles. The Labute approximate surface area is 340 Å². The van der Waals surface area contributed by atoms with E-state index in [9.17, 15) is 0 Å². The lowest BCUT2D eigenvalue weighted by Crippen LogP contribution is -2.20. The first-order valence-corrected chi connectivity index (χ1v) is 21.2. The van der Waals surface area contributed by atoms with Crippen LogP contribution in [0.5, 0.6) is 0 Å². The van der Waals surface area contributed by atoms with E-state index in [1.807, 2.05) is 11.8 Å².